The number of carbonyl (C=O) groups excluding carboxylic acids is 1. The molecule has 2 heterocycles. The third kappa shape index (κ3) is 4.65. The van der Waals surface area contributed by atoms with E-state index in [2.05, 4.69) is 10.3 Å². The van der Waals surface area contributed by atoms with Crippen molar-refractivity contribution in [2.45, 2.75) is 25.1 Å². The summed E-state index contributed by atoms with van der Waals surface area (Å²) in [6, 6.07) is 7.63. The zero-order chi connectivity index (χ0) is 18.6. The molecule has 1 atom stereocenters. The lowest BCUT2D eigenvalue weighted by Crippen LogP contribution is -2.46. The number of rotatable bonds is 3. The lowest BCUT2D eigenvalue weighted by molar-refractivity contribution is -0.137. The van der Waals surface area contributed by atoms with E-state index in [1.54, 1.807) is 29.4 Å². The van der Waals surface area contributed by atoms with Crippen LogP contribution in [0.25, 0.3) is 0 Å². The molecular formula is C18H18F3N3O2. The quantitative estimate of drug-likeness (QED) is 0.888. The first-order chi connectivity index (χ1) is 12.4. The molecule has 3 rings (SSSR count). The molecule has 2 amide bonds. The van der Waals surface area contributed by atoms with Crippen molar-refractivity contribution in [1.82, 2.24) is 9.88 Å². The smallest absolute Gasteiger partial charge is 0.416 e. The predicted molar refractivity (Wildman–Crippen MR) is 89.9 cm³/mol. The molecule has 138 valence electrons. The number of amides is 2. The van der Waals surface area contributed by atoms with Gasteiger partial charge < -0.3 is 15.0 Å². The van der Waals surface area contributed by atoms with Crippen LogP contribution in [0.4, 0.5) is 23.7 Å². The number of nitrogens with zero attached hydrogens (tertiary/aromatic N) is 2. The van der Waals surface area contributed by atoms with Crippen LogP contribution in [0.5, 0.6) is 5.75 Å². The van der Waals surface area contributed by atoms with Crippen molar-refractivity contribution in [1.29, 1.82) is 0 Å². The number of hydrogen-bond acceptors (Lipinski definition) is 3. The van der Waals surface area contributed by atoms with E-state index < -0.39 is 17.8 Å². The molecule has 1 aliphatic heterocycles. The van der Waals surface area contributed by atoms with Crippen LogP contribution in [-0.2, 0) is 6.18 Å². The number of anilines is 1. The highest BCUT2D eigenvalue weighted by atomic mass is 19.4. The summed E-state index contributed by atoms with van der Waals surface area (Å²) in [5.41, 5.74) is -0.685. The molecule has 1 aromatic carbocycles. The SMILES string of the molecule is O=C(Nc1cccc(C(F)(F)F)c1)N1CCCC(Oc2ccncc2)C1. The van der Waals surface area contributed by atoms with E-state index in [0.29, 0.717) is 18.8 Å². The first-order valence-corrected chi connectivity index (χ1v) is 8.22. The second-order valence-electron chi connectivity index (χ2n) is 6.02. The van der Waals surface area contributed by atoms with Crippen LogP contribution in [0.3, 0.4) is 0 Å². The summed E-state index contributed by atoms with van der Waals surface area (Å²) in [5.74, 6) is 0.671. The number of piperidine rings is 1. The van der Waals surface area contributed by atoms with Crippen molar-refractivity contribution >= 4 is 11.7 Å². The highest BCUT2D eigenvalue weighted by Gasteiger charge is 2.31. The Kier molecular flexibility index (Phi) is 5.29. The fourth-order valence-corrected chi connectivity index (χ4v) is 2.80. The second-order valence-corrected chi connectivity index (χ2v) is 6.02. The Hall–Kier alpha value is -2.77. The first kappa shape index (κ1) is 18.0. The number of pyridine rings is 1. The molecule has 1 unspecified atom stereocenters. The summed E-state index contributed by atoms with van der Waals surface area (Å²) in [7, 11) is 0. The number of aromatic nitrogens is 1. The lowest BCUT2D eigenvalue weighted by Gasteiger charge is -2.33. The average molecular weight is 365 g/mol. The summed E-state index contributed by atoms with van der Waals surface area (Å²) in [6.45, 7) is 0.897. The van der Waals surface area contributed by atoms with Gasteiger partial charge in [0.05, 0.1) is 12.1 Å². The van der Waals surface area contributed by atoms with Gasteiger partial charge in [0.2, 0.25) is 0 Å². The molecule has 0 saturated carbocycles. The number of benzene rings is 1. The van der Waals surface area contributed by atoms with Crippen LogP contribution in [0.1, 0.15) is 18.4 Å². The minimum absolute atomic E-state index is 0.113. The van der Waals surface area contributed by atoms with Crippen molar-refractivity contribution in [2.24, 2.45) is 0 Å². The van der Waals surface area contributed by atoms with Gasteiger partial charge in [-0.25, -0.2) is 4.79 Å². The Morgan fingerprint density at radius 3 is 2.73 bits per heavy atom. The molecule has 0 radical (unpaired) electrons. The maximum Gasteiger partial charge on any atom is 0.416 e. The third-order valence-corrected chi connectivity index (χ3v) is 4.06. The monoisotopic (exact) mass is 365 g/mol. The van der Waals surface area contributed by atoms with Crippen molar-refractivity contribution in [3.8, 4) is 5.75 Å². The number of hydrogen-bond donors (Lipinski definition) is 1. The van der Waals surface area contributed by atoms with Gasteiger partial charge in [0.15, 0.2) is 0 Å². The molecule has 1 aliphatic rings. The lowest BCUT2D eigenvalue weighted by atomic mass is 10.1. The maximum atomic E-state index is 12.8. The van der Waals surface area contributed by atoms with Gasteiger partial charge >= 0.3 is 12.2 Å². The largest absolute Gasteiger partial charge is 0.488 e. The minimum Gasteiger partial charge on any atom is -0.488 e. The Morgan fingerprint density at radius 2 is 2.00 bits per heavy atom. The number of halogens is 3. The summed E-state index contributed by atoms with van der Waals surface area (Å²) in [6.07, 6.45) is 0.182. The van der Waals surface area contributed by atoms with Gasteiger partial charge in [0.1, 0.15) is 11.9 Å². The molecule has 5 nitrogen and oxygen atoms in total. The van der Waals surface area contributed by atoms with Crippen LogP contribution >= 0.6 is 0 Å². The number of urea groups is 1. The van der Waals surface area contributed by atoms with Crippen LogP contribution in [0.2, 0.25) is 0 Å². The van der Waals surface area contributed by atoms with E-state index in [4.69, 9.17) is 4.74 Å². The second kappa shape index (κ2) is 7.63. The molecule has 1 saturated heterocycles. The van der Waals surface area contributed by atoms with Crippen molar-refractivity contribution in [2.75, 3.05) is 18.4 Å². The van der Waals surface area contributed by atoms with Crippen LogP contribution in [0, 0.1) is 0 Å². The van der Waals surface area contributed by atoms with Crippen LogP contribution in [-0.4, -0.2) is 35.1 Å². The van der Waals surface area contributed by atoms with Gasteiger partial charge in [-0.3, -0.25) is 4.98 Å². The van der Waals surface area contributed by atoms with Gasteiger partial charge in [-0.15, -0.1) is 0 Å². The van der Waals surface area contributed by atoms with Gasteiger partial charge in [-0.1, -0.05) is 6.07 Å². The number of likely N-dealkylation sites (tertiary alicyclic amines) is 1. The van der Waals surface area contributed by atoms with Gasteiger partial charge in [0, 0.05) is 24.6 Å². The summed E-state index contributed by atoms with van der Waals surface area (Å²) in [5, 5.41) is 2.53. The van der Waals surface area contributed by atoms with Crippen molar-refractivity contribution in [3.05, 3.63) is 54.4 Å². The molecule has 1 fully saturated rings. The highest BCUT2D eigenvalue weighted by molar-refractivity contribution is 5.89. The van der Waals surface area contributed by atoms with E-state index in [1.807, 2.05) is 0 Å². The molecule has 0 bridgehead atoms. The Bertz CT molecular complexity index is 753. The molecule has 1 aromatic heterocycles. The maximum absolute atomic E-state index is 12.8. The fraction of sp³-hybridized carbons (Fsp3) is 0.333. The first-order valence-electron chi connectivity index (χ1n) is 8.22. The molecule has 0 spiro atoms. The number of ether oxygens (including phenoxy) is 1. The van der Waals surface area contributed by atoms with Crippen LogP contribution < -0.4 is 10.1 Å². The van der Waals surface area contributed by atoms with Crippen LogP contribution in [0.15, 0.2) is 48.8 Å². The average Bonchev–Trinajstić information content (AvgIpc) is 2.62. The fourth-order valence-electron chi connectivity index (χ4n) is 2.80. The summed E-state index contributed by atoms with van der Waals surface area (Å²) >= 11 is 0. The number of nitrogens with one attached hydrogen (secondary N) is 1. The van der Waals surface area contributed by atoms with Gasteiger partial charge in [-0.05, 0) is 43.2 Å². The predicted octanol–water partition coefficient (Wildman–Crippen LogP) is 4.18. The minimum atomic E-state index is -4.45. The molecule has 0 aliphatic carbocycles. The molecule has 1 N–H and O–H groups in total. The van der Waals surface area contributed by atoms with Crippen molar-refractivity contribution < 1.29 is 22.7 Å². The summed E-state index contributed by atoms with van der Waals surface area (Å²) < 4.78 is 44.2. The number of alkyl halides is 3. The van der Waals surface area contributed by atoms with E-state index in [-0.39, 0.29) is 11.8 Å². The Balaban J connectivity index is 1.61. The molecule has 26 heavy (non-hydrogen) atoms. The normalized spacial score (nSPS) is 17.7. The zero-order valence-electron chi connectivity index (χ0n) is 13.9. The Labute approximate surface area is 148 Å². The molecule has 2 aromatic rings. The van der Waals surface area contributed by atoms with Gasteiger partial charge in [-0.2, -0.15) is 13.2 Å². The molecular weight excluding hydrogens is 347 g/mol. The summed E-state index contributed by atoms with van der Waals surface area (Å²) in [4.78, 5) is 17.9. The number of carbonyl (C=O) groups is 1. The standard InChI is InChI=1S/C18H18F3N3O2/c19-18(20,21)13-3-1-4-14(11-13)23-17(25)24-10-2-5-16(12-24)26-15-6-8-22-9-7-15/h1,3-4,6-9,11,16H,2,5,10,12H2,(H,23,25). The zero-order valence-corrected chi connectivity index (χ0v) is 13.9. The van der Waals surface area contributed by atoms with E-state index in [1.165, 1.54) is 12.1 Å². The Morgan fingerprint density at radius 1 is 1.23 bits per heavy atom. The topological polar surface area (TPSA) is 54.5 Å². The van der Waals surface area contributed by atoms with Crippen molar-refractivity contribution in [3.63, 3.8) is 0 Å². The van der Waals surface area contributed by atoms with E-state index in [9.17, 15) is 18.0 Å². The third-order valence-electron chi connectivity index (χ3n) is 4.06. The van der Waals surface area contributed by atoms with Gasteiger partial charge in [0.25, 0.3) is 0 Å². The van der Waals surface area contributed by atoms with E-state index in [0.717, 1.165) is 25.0 Å². The van der Waals surface area contributed by atoms with E-state index >= 15 is 0 Å². The molecule has 8 heteroatoms. The highest BCUT2D eigenvalue weighted by Crippen LogP contribution is 2.30.